The third-order valence-electron chi connectivity index (χ3n) is 6.71. The Morgan fingerprint density at radius 1 is 1.07 bits per heavy atom. The summed E-state index contributed by atoms with van der Waals surface area (Å²) in [4.78, 5) is 21.1. The summed E-state index contributed by atoms with van der Waals surface area (Å²) in [6.07, 6.45) is 1.46. The summed E-state index contributed by atoms with van der Waals surface area (Å²) in [5.41, 5.74) is 2.07. The molecule has 0 spiro atoms. The van der Waals surface area contributed by atoms with Crippen LogP contribution in [0.25, 0.3) is 22.6 Å². The fourth-order valence-corrected chi connectivity index (χ4v) is 6.03. The van der Waals surface area contributed by atoms with Crippen LogP contribution in [0.3, 0.4) is 0 Å². The minimum atomic E-state index is -3.86. The predicted octanol–water partition coefficient (Wildman–Crippen LogP) is 4.79. The van der Waals surface area contributed by atoms with Gasteiger partial charge in [-0.1, -0.05) is 35.5 Å². The lowest BCUT2D eigenvalue weighted by Gasteiger charge is -2.33. The normalized spacial score (nSPS) is 16.1. The van der Waals surface area contributed by atoms with Crippen molar-refractivity contribution in [1.82, 2.24) is 9.97 Å². The number of rotatable bonds is 11. The molecule has 0 bridgehead atoms. The van der Waals surface area contributed by atoms with E-state index in [9.17, 15) is 13.3 Å². The van der Waals surface area contributed by atoms with E-state index in [0.717, 1.165) is 29.1 Å². The molecule has 2 aromatic heterocycles. The highest BCUT2D eigenvalue weighted by molar-refractivity contribution is 7.89. The van der Waals surface area contributed by atoms with Crippen molar-refractivity contribution in [3.05, 3.63) is 81.5 Å². The van der Waals surface area contributed by atoms with Crippen molar-refractivity contribution in [3.8, 4) is 22.6 Å². The first-order chi connectivity index (χ1) is 19.3. The second-order valence-corrected chi connectivity index (χ2v) is 11.7. The van der Waals surface area contributed by atoms with Crippen molar-refractivity contribution in [3.63, 3.8) is 0 Å². The first-order valence-electron chi connectivity index (χ1n) is 12.5. The number of oxazole rings is 1. The van der Waals surface area contributed by atoms with Gasteiger partial charge in [-0.2, -0.15) is 0 Å². The second-order valence-electron chi connectivity index (χ2n) is 9.26. The van der Waals surface area contributed by atoms with E-state index in [4.69, 9.17) is 28.8 Å². The van der Waals surface area contributed by atoms with Crippen LogP contribution >= 0.6 is 11.3 Å². The Balaban J connectivity index is 1.34. The summed E-state index contributed by atoms with van der Waals surface area (Å²) < 4.78 is 46.5. The summed E-state index contributed by atoms with van der Waals surface area (Å²) in [7, 11) is -2.17. The standard InChI is InChI=1S/C27H28N4O7S2/c1-35-27(11-13-36-14-12-27)26-29-20(17-39-26)15-37-16-22(31-32)25-30-23(18-5-3-2-4-6-18)24(38-25)19-7-9-21(10-8-19)40(28,33)34/h2-10,17,22H,11-16H2,1H3,(H2,28,33,34). The Labute approximate surface area is 235 Å². The van der Waals surface area contributed by atoms with E-state index in [1.165, 1.54) is 23.5 Å². The number of benzene rings is 2. The van der Waals surface area contributed by atoms with Gasteiger partial charge in [-0.25, -0.2) is 23.5 Å². The van der Waals surface area contributed by atoms with Crippen LogP contribution < -0.4 is 5.14 Å². The van der Waals surface area contributed by atoms with Crippen molar-refractivity contribution < 1.29 is 27.0 Å². The highest BCUT2D eigenvalue weighted by Crippen LogP contribution is 2.38. The maximum absolute atomic E-state index is 11.8. The van der Waals surface area contributed by atoms with E-state index in [1.54, 1.807) is 19.2 Å². The fourth-order valence-electron chi connectivity index (χ4n) is 4.47. The number of sulfonamides is 1. The molecule has 5 rings (SSSR count). The van der Waals surface area contributed by atoms with Gasteiger partial charge < -0.3 is 18.6 Å². The molecular weight excluding hydrogens is 556 g/mol. The van der Waals surface area contributed by atoms with Crippen LogP contribution in [-0.2, 0) is 36.4 Å². The Hall–Kier alpha value is -3.33. The predicted molar refractivity (Wildman–Crippen MR) is 148 cm³/mol. The molecule has 1 unspecified atom stereocenters. The molecule has 0 amide bonds. The molecule has 40 heavy (non-hydrogen) atoms. The number of ether oxygens (including phenoxy) is 3. The van der Waals surface area contributed by atoms with Gasteiger partial charge in [0.1, 0.15) is 16.3 Å². The lowest BCUT2D eigenvalue weighted by Crippen LogP contribution is -2.35. The molecule has 3 heterocycles. The number of aromatic nitrogens is 2. The van der Waals surface area contributed by atoms with Crippen LogP contribution in [0, 0.1) is 4.91 Å². The summed E-state index contributed by atoms with van der Waals surface area (Å²) in [6.45, 7) is 1.34. The monoisotopic (exact) mass is 584 g/mol. The Bertz CT molecular complexity index is 1550. The third kappa shape index (κ3) is 6.04. The first kappa shape index (κ1) is 28.2. The summed E-state index contributed by atoms with van der Waals surface area (Å²) in [5, 5.41) is 11.2. The molecule has 210 valence electrons. The highest BCUT2D eigenvalue weighted by atomic mass is 32.2. The molecule has 1 aliphatic heterocycles. The van der Waals surface area contributed by atoms with Crippen molar-refractivity contribution >= 4 is 21.4 Å². The van der Waals surface area contributed by atoms with Gasteiger partial charge in [-0.3, -0.25) is 0 Å². The molecule has 1 atom stereocenters. The molecule has 1 aliphatic rings. The maximum Gasteiger partial charge on any atom is 0.238 e. The van der Waals surface area contributed by atoms with Gasteiger partial charge in [0.2, 0.25) is 15.9 Å². The zero-order chi connectivity index (χ0) is 28.2. The Morgan fingerprint density at radius 2 is 1.80 bits per heavy atom. The van der Waals surface area contributed by atoms with Gasteiger partial charge in [0.15, 0.2) is 11.8 Å². The zero-order valence-corrected chi connectivity index (χ0v) is 23.3. The SMILES string of the molecule is COC1(c2nc(COCC(N=O)c3nc(-c4ccccc4)c(-c4ccc(S(N)(=O)=O)cc4)o3)cs2)CCOCC1. The van der Waals surface area contributed by atoms with E-state index in [0.29, 0.717) is 30.2 Å². The third-order valence-corrected chi connectivity index (χ3v) is 8.71. The minimum absolute atomic E-state index is 0.0310. The molecule has 1 saturated heterocycles. The molecule has 0 aliphatic carbocycles. The average molecular weight is 585 g/mol. The molecule has 0 radical (unpaired) electrons. The Kier molecular flexibility index (Phi) is 8.49. The van der Waals surface area contributed by atoms with Crippen molar-refractivity contribution in [1.29, 1.82) is 0 Å². The van der Waals surface area contributed by atoms with Crippen molar-refractivity contribution in [2.24, 2.45) is 10.3 Å². The van der Waals surface area contributed by atoms with Crippen LogP contribution in [0.2, 0.25) is 0 Å². The molecule has 1 fully saturated rings. The number of hydrogen-bond acceptors (Lipinski definition) is 11. The molecule has 11 nitrogen and oxygen atoms in total. The van der Waals surface area contributed by atoms with E-state index in [-0.39, 0.29) is 24.0 Å². The first-order valence-corrected chi connectivity index (χ1v) is 14.9. The zero-order valence-electron chi connectivity index (χ0n) is 21.7. The molecule has 0 saturated carbocycles. The maximum atomic E-state index is 11.8. The van der Waals surface area contributed by atoms with Gasteiger partial charge in [0, 0.05) is 49.7 Å². The van der Waals surface area contributed by atoms with Crippen molar-refractivity contribution in [2.75, 3.05) is 26.9 Å². The number of thiazole rings is 1. The van der Waals surface area contributed by atoms with Gasteiger partial charge in [-0.05, 0) is 24.3 Å². The minimum Gasteiger partial charge on any atom is -0.437 e. The molecular formula is C27H28N4O7S2. The van der Waals surface area contributed by atoms with Gasteiger partial charge in [0.25, 0.3) is 0 Å². The average Bonchev–Trinajstić information content (AvgIpc) is 3.64. The number of nitrogens with zero attached hydrogens (tertiary/aromatic N) is 3. The van der Waals surface area contributed by atoms with E-state index in [1.807, 2.05) is 35.7 Å². The number of nitroso groups, excluding NO2 is 1. The molecule has 13 heteroatoms. The smallest absolute Gasteiger partial charge is 0.238 e. The van der Waals surface area contributed by atoms with E-state index >= 15 is 0 Å². The largest absolute Gasteiger partial charge is 0.437 e. The lowest BCUT2D eigenvalue weighted by atomic mass is 9.95. The van der Waals surface area contributed by atoms with Crippen LogP contribution in [0.4, 0.5) is 0 Å². The van der Waals surface area contributed by atoms with Crippen LogP contribution in [0.5, 0.6) is 0 Å². The van der Waals surface area contributed by atoms with Gasteiger partial charge in [-0.15, -0.1) is 16.2 Å². The Morgan fingerprint density at radius 3 is 2.45 bits per heavy atom. The van der Waals surface area contributed by atoms with Gasteiger partial charge in [0.05, 0.1) is 23.8 Å². The summed E-state index contributed by atoms with van der Waals surface area (Å²) in [5.74, 6) is 0.445. The highest BCUT2D eigenvalue weighted by Gasteiger charge is 2.37. The van der Waals surface area contributed by atoms with Crippen molar-refractivity contribution in [2.45, 2.75) is 36.0 Å². The number of hydrogen-bond donors (Lipinski definition) is 1. The van der Waals surface area contributed by atoms with E-state index < -0.39 is 21.7 Å². The summed E-state index contributed by atoms with van der Waals surface area (Å²) in [6, 6.07) is 14.2. The summed E-state index contributed by atoms with van der Waals surface area (Å²) >= 11 is 1.51. The van der Waals surface area contributed by atoms with Crippen LogP contribution in [-0.4, -0.2) is 45.3 Å². The van der Waals surface area contributed by atoms with Gasteiger partial charge >= 0.3 is 0 Å². The number of nitrogens with two attached hydrogens (primary N) is 1. The number of methoxy groups -OCH3 is 1. The lowest BCUT2D eigenvalue weighted by molar-refractivity contribution is -0.0949. The van der Waals surface area contributed by atoms with Crippen LogP contribution in [0.1, 0.15) is 35.5 Å². The quantitative estimate of drug-likeness (QED) is 0.245. The molecule has 4 aromatic rings. The fraction of sp³-hybridized carbons (Fsp3) is 0.333. The molecule has 2 N–H and O–H groups in total. The molecule has 2 aromatic carbocycles. The van der Waals surface area contributed by atoms with E-state index in [2.05, 4.69) is 10.2 Å². The second kappa shape index (κ2) is 12.0. The number of primary sulfonamides is 1. The van der Waals surface area contributed by atoms with Crippen LogP contribution in [0.15, 0.2) is 74.5 Å². The topological polar surface area (TPSA) is 156 Å².